The Bertz CT molecular complexity index is 1520. The van der Waals surface area contributed by atoms with E-state index >= 15 is 0 Å². The predicted octanol–water partition coefficient (Wildman–Crippen LogP) is 6.48. The van der Waals surface area contributed by atoms with E-state index in [2.05, 4.69) is 15.2 Å². The largest absolute Gasteiger partial charge is 0.482 e. The van der Waals surface area contributed by atoms with Crippen LogP contribution in [-0.2, 0) is 18.8 Å². The summed E-state index contributed by atoms with van der Waals surface area (Å²) in [4.78, 5) is 16.6. The predicted molar refractivity (Wildman–Crippen MR) is 168 cm³/mol. The number of aromatic nitrogens is 3. The Hall–Kier alpha value is -2.73. The van der Waals surface area contributed by atoms with Gasteiger partial charge in [-0.1, -0.05) is 23.2 Å². The Kier molecular flexibility index (Phi) is 11.3. The van der Waals surface area contributed by atoms with Gasteiger partial charge in [0.2, 0.25) is 7.44 Å². The van der Waals surface area contributed by atoms with Crippen molar-refractivity contribution in [2.24, 2.45) is 0 Å². The van der Waals surface area contributed by atoms with Crippen LogP contribution in [0.1, 0.15) is 58.2 Å². The molecule has 1 aliphatic rings. The van der Waals surface area contributed by atoms with Gasteiger partial charge in [-0.15, -0.1) is 0 Å². The van der Waals surface area contributed by atoms with Crippen LogP contribution in [0.4, 0.5) is 10.2 Å². The number of anilines is 1. The van der Waals surface area contributed by atoms with Gasteiger partial charge in [-0.05, 0) is 58.7 Å². The second kappa shape index (κ2) is 14.6. The van der Waals surface area contributed by atoms with E-state index in [-0.39, 0.29) is 34.4 Å². The van der Waals surface area contributed by atoms with Crippen molar-refractivity contribution in [3.8, 4) is 16.9 Å². The summed E-state index contributed by atoms with van der Waals surface area (Å²) in [5, 5.41) is 7.73. The highest BCUT2D eigenvalue weighted by molar-refractivity contribution is 7.59. The Balaban J connectivity index is 1.43. The average Bonchev–Trinajstić information content (AvgIpc) is 3.47. The van der Waals surface area contributed by atoms with E-state index in [9.17, 15) is 13.8 Å². The third-order valence-corrected chi connectivity index (χ3v) is 10.7. The molecular formula is C29H38Cl2FN6O5P. The number of rotatable bonds is 12. The smallest absolute Gasteiger partial charge is 0.323 e. The molecule has 11 nitrogen and oxygen atoms in total. The Morgan fingerprint density at radius 1 is 1.18 bits per heavy atom. The molecule has 4 rings (SSSR count). The van der Waals surface area contributed by atoms with Gasteiger partial charge < -0.3 is 19.9 Å². The summed E-state index contributed by atoms with van der Waals surface area (Å²) in [6.07, 6.45) is 5.62. The number of carbonyl (C=O) groups excluding carboxylic acids is 1. The zero-order chi connectivity index (χ0) is 32.2. The molecule has 0 saturated carbocycles. The maximum Gasteiger partial charge on any atom is 0.323 e. The van der Waals surface area contributed by atoms with Crippen molar-refractivity contribution >= 4 is 42.4 Å². The van der Waals surface area contributed by atoms with E-state index in [0.717, 1.165) is 11.1 Å². The van der Waals surface area contributed by atoms with E-state index in [0.29, 0.717) is 37.2 Å². The van der Waals surface area contributed by atoms with Crippen molar-refractivity contribution in [1.29, 1.82) is 0 Å². The van der Waals surface area contributed by atoms with Crippen LogP contribution < -0.4 is 15.6 Å². The normalized spacial score (nSPS) is 17.3. The number of esters is 1. The SMILES string of the molecule is COCP(=O)(NC(C)C(=O)OC(C)C)N1CCC(n2cc(-c3cnc(N)c(OC(C)c4c(Cl)ccc(F)c4Cl)c3)cn2)CC1. The highest BCUT2D eigenvalue weighted by atomic mass is 35.5. The molecule has 0 bridgehead atoms. The topological polar surface area (TPSA) is 134 Å². The third kappa shape index (κ3) is 7.91. The second-order valence-corrected chi connectivity index (χ2v) is 14.2. The first-order valence-electron chi connectivity index (χ1n) is 14.2. The lowest BCUT2D eigenvalue weighted by molar-refractivity contribution is -0.149. The molecule has 0 spiro atoms. The van der Waals surface area contributed by atoms with Gasteiger partial charge in [0.05, 0.1) is 23.4 Å². The molecule has 2 aromatic heterocycles. The molecule has 3 atom stereocenters. The molecule has 3 N–H and O–H groups in total. The van der Waals surface area contributed by atoms with Crippen LogP contribution in [-0.4, -0.2) is 64.1 Å². The maximum atomic E-state index is 14.1. The van der Waals surface area contributed by atoms with Crippen molar-refractivity contribution in [1.82, 2.24) is 24.5 Å². The lowest BCUT2D eigenvalue weighted by atomic mass is 10.1. The molecule has 15 heteroatoms. The quantitative estimate of drug-likeness (QED) is 0.125. The summed E-state index contributed by atoms with van der Waals surface area (Å²) in [5.74, 6) is -0.611. The van der Waals surface area contributed by atoms with Crippen LogP contribution >= 0.6 is 30.6 Å². The summed E-state index contributed by atoms with van der Waals surface area (Å²) < 4.78 is 48.3. The number of nitrogen functional groups attached to an aromatic ring is 1. The molecule has 3 unspecified atom stereocenters. The van der Waals surface area contributed by atoms with Gasteiger partial charge in [0.25, 0.3) is 0 Å². The fraction of sp³-hybridized carbons (Fsp3) is 0.483. The van der Waals surface area contributed by atoms with Crippen molar-refractivity contribution < 1.29 is 28.0 Å². The third-order valence-electron chi connectivity index (χ3n) is 7.28. The van der Waals surface area contributed by atoms with Crippen LogP contribution in [0.5, 0.6) is 5.75 Å². The van der Waals surface area contributed by atoms with E-state index < -0.39 is 31.4 Å². The van der Waals surface area contributed by atoms with Crippen LogP contribution in [0, 0.1) is 5.82 Å². The Morgan fingerprint density at radius 3 is 2.55 bits per heavy atom. The number of piperidine rings is 1. The number of hydrogen-bond donors (Lipinski definition) is 2. The number of ether oxygens (including phenoxy) is 3. The number of benzene rings is 1. The molecule has 1 aromatic carbocycles. The fourth-order valence-electron chi connectivity index (χ4n) is 5.06. The van der Waals surface area contributed by atoms with Crippen LogP contribution in [0.25, 0.3) is 11.1 Å². The van der Waals surface area contributed by atoms with Gasteiger partial charge in [0, 0.05) is 54.3 Å². The number of nitrogens with two attached hydrogens (primary N) is 1. The van der Waals surface area contributed by atoms with E-state index in [4.69, 9.17) is 43.1 Å². The lowest BCUT2D eigenvalue weighted by Gasteiger charge is -2.38. The minimum atomic E-state index is -3.20. The molecule has 1 aliphatic heterocycles. The zero-order valence-electron chi connectivity index (χ0n) is 25.3. The minimum Gasteiger partial charge on any atom is -0.482 e. The van der Waals surface area contributed by atoms with Crippen LogP contribution in [0.15, 0.2) is 36.8 Å². The fourth-order valence-corrected chi connectivity index (χ4v) is 8.08. The Morgan fingerprint density at radius 2 is 1.89 bits per heavy atom. The molecule has 240 valence electrons. The molecule has 0 amide bonds. The van der Waals surface area contributed by atoms with Gasteiger partial charge in [0.15, 0.2) is 11.6 Å². The number of carbonyl (C=O) groups is 1. The lowest BCUT2D eigenvalue weighted by Crippen LogP contribution is -2.43. The van der Waals surface area contributed by atoms with Gasteiger partial charge in [-0.2, -0.15) is 5.10 Å². The number of methoxy groups -OCH3 is 1. The molecular weight excluding hydrogens is 633 g/mol. The molecule has 0 aliphatic carbocycles. The highest BCUT2D eigenvalue weighted by Gasteiger charge is 2.37. The summed E-state index contributed by atoms with van der Waals surface area (Å²) in [6, 6.07) is 3.67. The van der Waals surface area contributed by atoms with Crippen molar-refractivity contribution in [3.63, 3.8) is 0 Å². The molecule has 3 aromatic rings. The number of pyridine rings is 1. The van der Waals surface area contributed by atoms with Gasteiger partial charge >= 0.3 is 5.97 Å². The van der Waals surface area contributed by atoms with Gasteiger partial charge in [-0.3, -0.25) is 14.0 Å². The minimum absolute atomic E-state index is 0.0341. The first-order valence-corrected chi connectivity index (χ1v) is 16.8. The number of nitrogens with zero attached hydrogens (tertiary/aromatic N) is 4. The van der Waals surface area contributed by atoms with Crippen molar-refractivity contribution in [2.75, 3.05) is 32.3 Å². The first-order chi connectivity index (χ1) is 20.8. The monoisotopic (exact) mass is 670 g/mol. The first kappa shape index (κ1) is 34.1. The number of nitrogens with one attached hydrogen (secondary N) is 1. The van der Waals surface area contributed by atoms with Gasteiger partial charge in [0.1, 0.15) is 24.3 Å². The zero-order valence-corrected chi connectivity index (χ0v) is 27.7. The maximum absolute atomic E-state index is 14.1. The van der Waals surface area contributed by atoms with Gasteiger partial charge in [-0.25, -0.2) is 19.1 Å². The van der Waals surface area contributed by atoms with E-state index in [1.165, 1.54) is 19.2 Å². The summed E-state index contributed by atoms with van der Waals surface area (Å²) in [7, 11) is -1.72. The molecule has 1 fully saturated rings. The number of hydrogen-bond acceptors (Lipinski definition) is 8. The van der Waals surface area contributed by atoms with Crippen molar-refractivity contribution in [2.45, 2.75) is 64.8 Å². The summed E-state index contributed by atoms with van der Waals surface area (Å²) >= 11 is 12.4. The van der Waals surface area contributed by atoms with E-state index in [1.54, 1.807) is 46.2 Å². The second-order valence-electron chi connectivity index (χ2n) is 11.0. The summed E-state index contributed by atoms with van der Waals surface area (Å²) in [5.41, 5.74) is 7.92. The molecule has 3 heterocycles. The standard InChI is InChI=1S/C29H38Cl2FN6O5P/c1-17(2)42-29(39)18(3)36-44(40,16-41-5)37-10-8-22(9-11-37)38-15-21(14-35-38)20-12-25(28(33)34-13-20)43-19(4)26-23(30)6-7-24(32)27(26)31/h6-7,12-15,17-19,22H,8-11,16H2,1-5H3,(H2,33,34)(H,36,40). The average molecular weight is 672 g/mol. The van der Waals surface area contributed by atoms with E-state index in [1.807, 2.05) is 15.5 Å². The van der Waals surface area contributed by atoms with Crippen LogP contribution in [0.3, 0.4) is 0 Å². The van der Waals surface area contributed by atoms with Crippen molar-refractivity contribution in [3.05, 3.63) is 58.2 Å². The highest BCUT2D eigenvalue weighted by Crippen LogP contribution is 2.48. The molecule has 44 heavy (non-hydrogen) atoms. The molecule has 1 saturated heterocycles. The van der Waals surface area contributed by atoms with Crippen LogP contribution in [0.2, 0.25) is 10.0 Å². The Labute approximate surface area is 266 Å². The summed E-state index contributed by atoms with van der Waals surface area (Å²) in [6.45, 7) is 7.91. The molecule has 0 radical (unpaired) electrons. The number of halogens is 3.